The van der Waals surface area contributed by atoms with Crippen molar-refractivity contribution in [3.63, 3.8) is 0 Å². The minimum Gasteiger partial charge on any atom is -0.457 e. The van der Waals surface area contributed by atoms with E-state index in [1.54, 1.807) is 30.6 Å². The third-order valence-corrected chi connectivity index (χ3v) is 5.65. The number of alkyl halides is 3. The Balaban J connectivity index is 1.29. The van der Waals surface area contributed by atoms with Gasteiger partial charge in [0.1, 0.15) is 11.5 Å². The number of hydrogen-bond donors (Lipinski definition) is 1. The molecule has 0 bridgehead atoms. The Hall–Kier alpha value is -3.55. The zero-order valence-electron chi connectivity index (χ0n) is 17.9. The second-order valence-electron chi connectivity index (χ2n) is 8.08. The van der Waals surface area contributed by atoms with E-state index in [4.69, 9.17) is 4.74 Å². The van der Waals surface area contributed by atoms with Gasteiger partial charge in [0.05, 0.1) is 17.4 Å². The van der Waals surface area contributed by atoms with E-state index in [-0.39, 0.29) is 6.03 Å². The standard InChI is InChI=1S/C25H24F3N3O2/c26-25(27,28)20-6-8-22(9-7-20)33-23-5-1-3-19(16-23)15-18-10-13-31(14-11-18)24(32)30-21-4-2-12-29-17-21/h1-9,12,16-18H,10-11,13-15H2,(H,30,32). The van der Waals surface area contributed by atoms with Gasteiger partial charge in [-0.1, -0.05) is 12.1 Å². The number of likely N-dealkylation sites (tertiary alicyclic amines) is 1. The predicted octanol–water partition coefficient (Wildman–Crippen LogP) is 6.38. The van der Waals surface area contributed by atoms with Gasteiger partial charge in [0.25, 0.3) is 0 Å². The molecular weight excluding hydrogens is 431 g/mol. The molecule has 2 heterocycles. The Morgan fingerprint density at radius 1 is 1.03 bits per heavy atom. The number of benzene rings is 2. The van der Waals surface area contributed by atoms with E-state index in [2.05, 4.69) is 10.3 Å². The molecule has 2 amide bonds. The quantitative estimate of drug-likeness (QED) is 0.486. The van der Waals surface area contributed by atoms with Gasteiger partial charge in [0.15, 0.2) is 0 Å². The molecule has 1 N–H and O–H groups in total. The van der Waals surface area contributed by atoms with Crippen LogP contribution in [0.3, 0.4) is 0 Å². The highest BCUT2D eigenvalue weighted by Gasteiger charge is 2.30. The van der Waals surface area contributed by atoms with Gasteiger partial charge < -0.3 is 15.0 Å². The van der Waals surface area contributed by atoms with Gasteiger partial charge in [-0.25, -0.2) is 4.79 Å². The van der Waals surface area contributed by atoms with Crippen LogP contribution >= 0.6 is 0 Å². The van der Waals surface area contributed by atoms with Crippen molar-refractivity contribution in [3.8, 4) is 11.5 Å². The van der Waals surface area contributed by atoms with Crippen LogP contribution in [0.25, 0.3) is 0 Å². The van der Waals surface area contributed by atoms with Crippen LogP contribution in [0.15, 0.2) is 73.1 Å². The highest BCUT2D eigenvalue weighted by molar-refractivity contribution is 5.89. The van der Waals surface area contributed by atoms with Crippen molar-refractivity contribution in [3.05, 3.63) is 84.2 Å². The molecule has 33 heavy (non-hydrogen) atoms. The molecule has 1 aromatic heterocycles. The van der Waals surface area contributed by atoms with Crippen LogP contribution in [0.2, 0.25) is 0 Å². The lowest BCUT2D eigenvalue weighted by atomic mass is 9.90. The normalized spacial score (nSPS) is 14.7. The molecule has 5 nitrogen and oxygen atoms in total. The topological polar surface area (TPSA) is 54.5 Å². The van der Waals surface area contributed by atoms with Crippen molar-refractivity contribution in [2.75, 3.05) is 18.4 Å². The van der Waals surface area contributed by atoms with Crippen molar-refractivity contribution in [1.82, 2.24) is 9.88 Å². The first-order chi connectivity index (χ1) is 15.9. The van der Waals surface area contributed by atoms with Gasteiger partial charge in [-0.3, -0.25) is 4.98 Å². The summed E-state index contributed by atoms with van der Waals surface area (Å²) < 4.78 is 43.9. The Bertz CT molecular complexity index is 1060. The third-order valence-electron chi connectivity index (χ3n) is 5.65. The van der Waals surface area contributed by atoms with Crippen molar-refractivity contribution in [1.29, 1.82) is 0 Å². The monoisotopic (exact) mass is 455 g/mol. The lowest BCUT2D eigenvalue weighted by molar-refractivity contribution is -0.137. The van der Waals surface area contributed by atoms with Crippen LogP contribution in [0.1, 0.15) is 24.0 Å². The van der Waals surface area contributed by atoms with E-state index in [0.717, 1.165) is 37.0 Å². The zero-order chi connectivity index (χ0) is 23.3. The fourth-order valence-electron chi connectivity index (χ4n) is 3.90. The van der Waals surface area contributed by atoms with Crippen LogP contribution in [0, 0.1) is 5.92 Å². The predicted molar refractivity (Wildman–Crippen MR) is 119 cm³/mol. The van der Waals surface area contributed by atoms with Crippen molar-refractivity contribution < 1.29 is 22.7 Å². The number of urea groups is 1. The zero-order valence-corrected chi connectivity index (χ0v) is 17.9. The van der Waals surface area contributed by atoms with E-state index in [1.165, 1.54) is 12.1 Å². The number of nitrogens with zero attached hydrogens (tertiary/aromatic N) is 2. The SMILES string of the molecule is O=C(Nc1cccnc1)N1CCC(Cc2cccc(Oc3ccc(C(F)(F)F)cc3)c2)CC1. The average Bonchev–Trinajstić information content (AvgIpc) is 2.80. The maximum Gasteiger partial charge on any atom is 0.416 e. The fourth-order valence-corrected chi connectivity index (χ4v) is 3.90. The van der Waals surface area contributed by atoms with Crippen LogP contribution in [-0.4, -0.2) is 29.0 Å². The highest BCUT2D eigenvalue weighted by atomic mass is 19.4. The van der Waals surface area contributed by atoms with E-state index in [0.29, 0.717) is 36.2 Å². The number of ether oxygens (including phenoxy) is 1. The molecule has 0 aliphatic carbocycles. The average molecular weight is 455 g/mol. The summed E-state index contributed by atoms with van der Waals surface area (Å²) >= 11 is 0. The molecule has 8 heteroatoms. The molecule has 1 saturated heterocycles. The third kappa shape index (κ3) is 6.25. The van der Waals surface area contributed by atoms with Crippen LogP contribution < -0.4 is 10.1 Å². The Labute approximate surface area is 190 Å². The second kappa shape index (κ2) is 9.94. The molecule has 0 unspecified atom stereocenters. The molecule has 0 saturated carbocycles. The summed E-state index contributed by atoms with van der Waals surface area (Å²) in [6, 6.07) is 15.7. The summed E-state index contributed by atoms with van der Waals surface area (Å²) in [4.78, 5) is 18.2. The summed E-state index contributed by atoms with van der Waals surface area (Å²) in [6.45, 7) is 1.36. The van der Waals surface area contributed by atoms with Crippen LogP contribution in [-0.2, 0) is 12.6 Å². The Kier molecular flexibility index (Phi) is 6.82. The van der Waals surface area contributed by atoms with Gasteiger partial charge in [-0.05, 0) is 79.3 Å². The Morgan fingerprint density at radius 2 is 1.79 bits per heavy atom. The van der Waals surface area contributed by atoms with E-state index in [1.807, 2.05) is 23.1 Å². The van der Waals surface area contributed by atoms with Gasteiger partial charge in [0, 0.05) is 19.3 Å². The van der Waals surface area contributed by atoms with E-state index in [9.17, 15) is 18.0 Å². The number of amides is 2. The van der Waals surface area contributed by atoms with Crippen LogP contribution in [0.5, 0.6) is 11.5 Å². The molecule has 0 radical (unpaired) electrons. The number of carbonyl (C=O) groups excluding carboxylic acids is 1. The molecule has 4 rings (SSSR count). The summed E-state index contributed by atoms with van der Waals surface area (Å²) in [5.41, 5.74) is 1.07. The van der Waals surface area contributed by atoms with E-state index < -0.39 is 11.7 Å². The summed E-state index contributed by atoms with van der Waals surface area (Å²) in [6.07, 6.45) is 1.54. The fraction of sp³-hybridized carbons (Fsp3) is 0.280. The summed E-state index contributed by atoms with van der Waals surface area (Å²) in [5, 5.41) is 2.86. The summed E-state index contributed by atoms with van der Waals surface area (Å²) in [5.74, 6) is 1.38. The molecular formula is C25H24F3N3O2. The van der Waals surface area contributed by atoms with Crippen molar-refractivity contribution in [2.45, 2.75) is 25.4 Å². The first-order valence-corrected chi connectivity index (χ1v) is 10.8. The van der Waals surface area contributed by atoms with Crippen LogP contribution in [0.4, 0.5) is 23.7 Å². The molecule has 1 fully saturated rings. The molecule has 0 spiro atoms. The number of aromatic nitrogens is 1. The number of halogens is 3. The first kappa shape index (κ1) is 22.6. The molecule has 1 aliphatic heterocycles. The van der Waals surface area contributed by atoms with Gasteiger partial charge in [-0.2, -0.15) is 13.2 Å². The minimum atomic E-state index is -4.37. The lowest BCUT2D eigenvalue weighted by Gasteiger charge is -2.32. The van der Waals surface area contributed by atoms with Gasteiger partial charge in [-0.15, -0.1) is 0 Å². The number of rotatable bonds is 5. The minimum absolute atomic E-state index is 0.117. The number of piperidine rings is 1. The highest BCUT2D eigenvalue weighted by Crippen LogP contribution is 2.32. The summed E-state index contributed by atoms with van der Waals surface area (Å²) in [7, 11) is 0. The number of pyridine rings is 1. The molecule has 1 aliphatic rings. The van der Waals surface area contributed by atoms with Gasteiger partial charge >= 0.3 is 12.2 Å². The maximum atomic E-state index is 12.7. The Morgan fingerprint density at radius 3 is 2.45 bits per heavy atom. The van der Waals surface area contributed by atoms with Crippen molar-refractivity contribution in [2.24, 2.45) is 5.92 Å². The molecule has 0 atom stereocenters. The largest absolute Gasteiger partial charge is 0.457 e. The molecule has 2 aromatic carbocycles. The molecule has 172 valence electrons. The number of hydrogen-bond acceptors (Lipinski definition) is 3. The van der Waals surface area contributed by atoms with Crippen molar-refractivity contribution >= 4 is 11.7 Å². The maximum absolute atomic E-state index is 12.7. The molecule has 3 aromatic rings. The number of nitrogens with one attached hydrogen (secondary N) is 1. The number of carbonyl (C=O) groups is 1. The number of anilines is 1. The smallest absolute Gasteiger partial charge is 0.416 e. The second-order valence-corrected chi connectivity index (χ2v) is 8.08. The van der Waals surface area contributed by atoms with E-state index >= 15 is 0 Å². The first-order valence-electron chi connectivity index (χ1n) is 10.8. The van der Waals surface area contributed by atoms with Gasteiger partial charge in [0.2, 0.25) is 0 Å². The lowest BCUT2D eigenvalue weighted by Crippen LogP contribution is -2.41.